The van der Waals surface area contributed by atoms with E-state index in [0.29, 0.717) is 11.7 Å². The first-order valence-electron chi connectivity index (χ1n) is 7.00. The van der Waals surface area contributed by atoms with Gasteiger partial charge in [-0.3, -0.25) is 0 Å². The summed E-state index contributed by atoms with van der Waals surface area (Å²) in [6.07, 6.45) is 3.17. The lowest BCUT2D eigenvalue weighted by Gasteiger charge is -2.32. The van der Waals surface area contributed by atoms with E-state index in [1.807, 2.05) is 0 Å². The van der Waals surface area contributed by atoms with Crippen molar-refractivity contribution in [3.63, 3.8) is 0 Å². The lowest BCUT2D eigenvalue weighted by Crippen LogP contribution is -2.34. The Bertz CT molecular complexity index is 543. The highest BCUT2D eigenvalue weighted by Crippen LogP contribution is 2.28. The molecule has 0 spiro atoms. The molecule has 1 rings (SSSR count). The first-order valence-corrected chi connectivity index (χ1v) is 8.54. The number of nitrogens with zero attached hydrogens (tertiary/aromatic N) is 1. The SMILES string of the molecule is CCCCN(c1ccc(S(N)(=O)=O)cc1N)C(C)CC. The van der Waals surface area contributed by atoms with E-state index in [1.54, 1.807) is 6.07 Å². The second-order valence-electron chi connectivity index (χ2n) is 5.07. The van der Waals surface area contributed by atoms with Crippen molar-refractivity contribution in [1.29, 1.82) is 0 Å². The number of anilines is 2. The Hall–Kier alpha value is -1.27. The van der Waals surface area contributed by atoms with Crippen LogP contribution in [0.3, 0.4) is 0 Å². The second-order valence-corrected chi connectivity index (χ2v) is 6.63. The van der Waals surface area contributed by atoms with Crippen molar-refractivity contribution in [3.8, 4) is 0 Å². The largest absolute Gasteiger partial charge is 0.397 e. The molecular weight excluding hydrogens is 274 g/mol. The number of hydrogen-bond donors (Lipinski definition) is 2. The Morgan fingerprint density at radius 1 is 1.30 bits per heavy atom. The summed E-state index contributed by atoms with van der Waals surface area (Å²) in [7, 11) is -3.71. The summed E-state index contributed by atoms with van der Waals surface area (Å²) in [4.78, 5) is 2.28. The number of nitrogens with two attached hydrogens (primary N) is 2. The average molecular weight is 299 g/mol. The van der Waals surface area contributed by atoms with Gasteiger partial charge in [0.05, 0.1) is 16.3 Å². The van der Waals surface area contributed by atoms with E-state index in [9.17, 15) is 8.42 Å². The first kappa shape index (κ1) is 16.8. The Labute approximate surface area is 122 Å². The van der Waals surface area contributed by atoms with Crippen LogP contribution >= 0.6 is 0 Å². The highest BCUT2D eigenvalue weighted by molar-refractivity contribution is 7.89. The minimum Gasteiger partial charge on any atom is -0.397 e. The zero-order valence-electron chi connectivity index (χ0n) is 12.5. The van der Waals surface area contributed by atoms with Gasteiger partial charge >= 0.3 is 0 Å². The van der Waals surface area contributed by atoms with Gasteiger partial charge in [-0.15, -0.1) is 0 Å². The van der Waals surface area contributed by atoms with Crippen LogP contribution in [0.4, 0.5) is 11.4 Å². The molecule has 1 atom stereocenters. The molecule has 6 heteroatoms. The molecule has 0 aliphatic heterocycles. The Balaban J connectivity index is 3.14. The average Bonchev–Trinajstić information content (AvgIpc) is 2.39. The number of rotatable bonds is 7. The van der Waals surface area contributed by atoms with Gasteiger partial charge in [-0.2, -0.15) is 0 Å². The number of benzene rings is 1. The van der Waals surface area contributed by atoms with Crippen LogP contribution in [0.1, 0.15) is 40.0 Å². The molecule has 20 heavy (non-hydrogen) atoms. The van der Waals surface area contributed by atoms with Gasteiger partial charge in [-0.1, -0.05) is 20.3 Å². The lowest BCUT2D eigenvalue weighted by molar-refractivity contribution is 0.594. The van der Waals surface area contributed by atoms with Gasteiger partial charge in [0.25, 0.3) is 0 Å². The summed E-state index contributed by atoms with van der Waals surface area (Å²) in [5.74, 6) is 0. The van der Waals surface area contributed by atoms with Gasteiger partial charge < -0.3 is 10.6 Å². The maximum absolute atomic E-state index is 11.3. The van der Waals surface area contributed by atoms with Gasteiger partial charge in [-0.25, -0.2) is 13.6 Å². The van der Waals surface area contributed by atoms with Crippen molar-refractivity contribution in [2.45, 2.75) is 51.0 Å². The maximum atomic E-state index is 11.3. The smallest absolute Gasteiger partial charge is 0.238 e. The highest BCUT2D eigenvalue weighted by Gasteiger charge is 2.17. The van der Waals surface area contributed by atoms with E-state index in [1.165, 1.54) is 12.1 Å². The molecule has 0 bridgehead atoms. The van der Waals surface area contributed by atoms with Crippen LogP contribution in [-0.2, 0) is 10.0 Å². The first-order chi connectivity index (χ1) is 9.31. The van der Waals surface area contributed by atoms with Crippen molar-refractivity contribution >= 4 is 21.4 Å². The van der Waals surface area contributed by atoms with E-state index in [-0.39, 0.29) is 4.90 Å². The van der Waals surface area contributed by atoms with Crippen LogP contribution < -0.4 is 15.8 Å². The molecular formula is C14H25N3O2S. The number of unbranched alkanes of at least 4 members (excludes halogenated alkanes) is 1. The fourth-order valence-corrected chi connectivity index (χ4v) is 2.65. The van der Waals surface area contributed by atoms with Crippen LogP contribution in [-0.4, -0.2) is 21.0 Å². The zero-order chi connectivity index (χ0) is 15.3. The molecule has 0 aromatic heterocycles. The summed E-state index contributed by atoms with van der Waals surface area (Å²) in [5.41, 5.74) is 7.35. The van der Waals surface area contributed by atoms with Crippen LogP contribution in [0.5, 0.6) is 0 Å². The molecule has 0 saturated carbocycles. The topological polar surface area (TPSA) is 89.4 Å². The number of nitrogen functional groups attached to an aromatic ring is 1. The summed E-state index contributed by atoms with van der Waals surface area (Å²) in [5, 5.41) is 5.12. The van der Waals surface area contributed by atoms with Gasteiger partial charge in [0.1, 0.15) is 0 Å². The van der Waals surface area contributed by atoms with E-state index in [4.69, 9.17) is 10.9 Å². The van der Waals surface area contributed by atoms with E-state index in [0.717, 1.165) is 31.5 Å². The van der Waals surface area contributed by atoms with Crippen molar-refractivity contribution < 1.29 is 8.42 Å². The molecule has 1 unspecified atom stereocenters. The standard InChI is InChI=1S/C14H25N3O2S/c1-4-6-9-17(11(3)5-2)14-8-7-12(10-13(14)15)20(16,18)19/h7-8,10-11H,4-6,9,15H2,1-3H3,(H2,16,18,19). The molecule has 4 N–H and O–H groups in total. The van der Waals surface area contributed by atoms with Crippen molar-refractivity contribution in [1.82, 2.24) is 0 Å². The molecule has 0 amide bonds. The van der Waals surface area contributed by atoms with Gasteiger partial charge in [0.15, 0.2) is 0 Å². The fourth-order valence-electron chi connectivity index (χ4n) is 2.10. The van der Waals surface area contributed by atoms with Crippen molar-refractivity contribution in [2.24, 2.45) is 5.14 Å². The third-order valence-corrected chi connectivity index (χ3v) is 4.42. The minimum atomic E-state index is -3.71. The summed E-state index contributed by atoms with van der Waals surface area (Å²) >= 11 is 0. The minimum absolute atomic E-state index is 0.0540. The quantitative estimate of drug-likeness (QED) is 0.756. The number of hydrogen-bond acceptors (Lipinski definition) is 4. The monoisotopic (exact) mass is 299 g/mol. The van der Waals surface area contributed by atoms with E-state index < -0.39 is 10.0 Å². The predicted octanol–water partition coefficient (Wildman–Crippen LogP) is 2.32. The zero-order valence-corrected chi connectivity index (χ0v) is 13.3. The molecule has 0 radical (unpaired) electrons. The highest BCUT2D eigenvalue weighted by atomic mass is 32.2. The predicted molar refractivity (Wildman–Crippen MR) is 84.2 cm³/mol. The normalized spacial score (nSPS) is 13.2. The number of primary sulfonamides is 1. The van der Waals surface area contributed by atoms with E-state index in [2.05, 4.69) is 25.7 Å². The molecule has 114 valence electrons. The van der Waals surface area contributed by atoms with Crippen molar-refractivity contribution in [3.05, 3.63) is 18.2 Å². The third kappa shape index (κ3) is 4.11. The molecule has 5 nitrogen and oxygen atoms in total. The number of sulfonamides is 1. The molecule has 0 saturated heterocycles. The molecule has 1 aromatic carbocycles. The van der Waals surface area contributed by atoms with Gasteiger partial charge in [-0.05, 0) is 38.0 Å². The van der Waals surface area contributed by atoms with Gasteiger partial charge in [0.2, 0.25) is 10.0 Å². The fraction of sp³-hybridized carbons (Fsp3) is 0.571. The maximum Gasteiger partial charge on any atom is 0.238 e. The third-order valence-electron chi connectivity index (χ3n) is 3.51. The molecule has 0 aliphatic carbocycles. The molecule has 1 aromatic rings. The van der Waals surface area contributed by atoms with Gasteiger partial charge in [0, 0.05) is 12.6 Å². The Morgan fingerprint density at radius 3 is 2.40 bits per heavy atom. The molecule has 0 aliphatic rings. The second kappa shape index (κ2) is 6.95. The molecule has 0 heterocycles. The summed E-state index contributed by atoms with van der Waals surface area (Å²) in [6.45, 7) is 7.31. The Kier molecular flexibility index (Phi) is 5.83. The van der Waals surface area contributed by atoms with E-state index >= 15 is 0 Å². The molecule has 0 fully saturated rings. The Morgan fingerprint density at radius 2 is 1.95 bits per heavy atom. The lowest BCUT2D eigenvalue weighted by atomic mass is 10.1. The van der Waals surface area contributed by atoms with Crippen molar-refractivity contribution in [2.75, 3.05) is 17.2 Å². The van der Waals surface area contributed by atoms with Crippen LogP contribution in [0.15, 0.2) is 23.1 Å². The van der Waals surface area contributed by atoms with Crippen LogP contribution in [0.2, 0.25) is 0 Å². The van der Waals surface area contributed by atoms with Crippen LogP contribution in [0.25, 0.3) is 0 Å². The summed E-state index contributed by atoms with van der Waals surface area (Å²) < 4.78 is 22.7. The summed E-state index contributed by atoms with van der Waals surface area (Å²) in [6, 6.07) is 5.05. The van der Waals surface area contributed by atoms with Crippen LogP contribution in [0, 0.1) is 0 Å².